The van der Waals surface area contributed by atoms with Crippen molar-refractivity contribution in [1.82, 2.24) is 0 Å². The molecular weight excluding hydrogens is 840 g/mol. The van der Waals surface area contributed by atoms with Gasteiger partial charge in [-0.25, -0.2) is 0 Å². The van der Waals surface area contributed by atoms with Crippen LogP contribution in [0.4, 0.5) is 45.5 Å². The molecule has 6 heteroatoms. The van der Waals surface area contributed by atoms with Crippen molar-refractivity contribution in [3.8, 4) is 0 Å². The number of anilines is 8. The standard InChI is InChI=1S/C56H56BrN4P/c1-41-17-9-25-49(33-41)58(50-26-10-18-42(2)34-50)62(57,59(51-27-11-19-43(3)35-51)52-28-12-20-44(4)36-52,60(53-29-13-21-45(5)37-53)54-30-14-22-46(6)38-54)61(55-31-15-23-47(7)39-55)56-32-16-24-48(8)40-56/h9-40H,1-8H3. The van der Waals surface area contributed by atoms with Crippen LogP contribution in [0.25, 0.3) is 0 Å². The topological polar surface area (TPSA) is 13.0 Å². The van der Waals surface area contributed by atoms with Crippen LogP contribution in [-0.4, -0.2) is 0 Å². The second-order valence-corrected chi connectivity index (χ2v) is 23.9. The van der Waals surface area contributed by atoms with Gasteiger partial charge in [-0.15, -0.1) is 0 Å². The number of benzene rings is 8. The first kappa shape index (κ1) is 42.6. The molecule has 0 spiro atoms. The summed E-state index contributed by atoms with van der Waals surface area (Å²) in [5, 5.41) is 0. The zero-order valence-electron chi connectivity index (χ0n) is 37.1. The molecule has 0 aromatic heterocycles. The molecule has 62 heavy (non-hydrogen) atoms. The van der Waals surface area contributed by atoms with E-state index >= 15 is 0 Å². The Kier molecular flexibility index (Phi) is 11.9. The zero-order valence-corrected chi connectivity index (χ0v) is 39.6. The molecule has 8 aromatic carbocycles. The average Bonchev–Trinajstić information content (AvgIpc) is 3.21. The van der Waals surface area contributed by atoms with Crippen molar-refractivity contribution in [3.63, 3.8) is 0 Å². The predicted molar refractivity (Wildman–Crippen MR) is 274 cm³/mol. The molecule has 312 valence electrons. The summed E-state index contributed by atoms with van der Waals surface area (Å²) in [5.74, 6) is -4.87. The van der Waals surface area contributed by atoms with Crippen molar-refractivity contribution >= 4 is 66.9 Å². The quantitative estimate of drug-likeness (QED) is 0.113. The Bertz CT molecular complexity index is 2310. The molecule has 4 nitrogen and oxygen atoms in total. The number of nitrogens with zero attached hydrogens (tertiary/aromatic N) is 4. The van der Waals surface area contributed by atoms with Crippen LogP contribution in [0.3, 0.4) is 0 Å². The third-order valence-electron chi connectivity index (χ3n) is 11.3. The maximum absolute atomic E-state index is 5.28. The first-order valence-electron chi connectivity index (χ1n) is 21.3. The van der Waals surface area contributed by atoms with E-state index in [1.807, 2.05) is 0 Å². The Labute approximate surface area is 377 Å². The number of halogens is 1. The van der Waals surface area contributed by atoms with Crippen molar-refractivity contribution in [3.05, 3.63) is 239 Å². The van der Waals surface area contributed by atoms with E-state index in [9.17, 15) is 0 Å². The summed E-state index contributed by atoms with van der Waals surface area (Å²) in [4.78, 5) is 0. The van der Waals surface area contributed by atoms with E-state index in [1.54, 1.807) is 0 Å². The van der Waals surface area contributed by atoms with Gasteiger partial charge in [0.05, 0.1) is 0 Å². The first-order chi connectivity index (χ1) is 29.8. The van der Waals surface area contributed by atoms with Crippen LogP contribution in [0, 0.1) is 55.4 Å². The van der Waals surface area contributed by atoms with E-state index in [4.69, 9.17) is 15.5 Å². The van der Waals surface area contributed by atoms with Gasteiger partial charge in [0, 0.05) is 0 Å². The molecule has 0 bridgehead atoms. The van der Waals surface area contributed by atoms with Crippen LogP contribution in [-0.2, 0) is 0 Å². The summed E-state index contributed by atoms with van der Waals surface area (Å²) >= 11 is 5.28. The van der Waals surface area contributed by atoms with E-state index in [0.29, 0.717) is 0 Å². The van der Waals surface area contributed by atoms with E-state index in [1.165, 1.54) is 0 Å². The van der Waals surface area contributed by atoms with Gasteiger partial charge in [-0.05, 0) is 0 Å². The Morgan fingerprint density at radius 3 is 0.484 bits per heavy atom. The van der Waals surface area contributed by atoms with Gasteiger partial charge >= 0.3 is 380 Å². The summed E-state index contributed by atoms with van der Waals surface area (Å²) < 4.78 is 10.6. The predicted octanol–water partition coefficient (Wildman–Crippen LogP) is 17.3. The molecule has 0 fully saturated rings. The Morgan fingerprint density at radius 1 is 0.242 bits per heavy atom. The summed E-state index contributed by atoms with van der Waals surface area (Å²) in [6.07, 6.45) is 0. The van der Waals surface area contributed by atoms with Crippen molar-refractivity contribution in [1.29, 1.82) is 0 Å². The third kappa shape index (κ3) is 7.92. The minimum absolute atomic E-state index is 1.03. The molecule has 0 aliphatic carbocycles. The van der Waals surface area contributed by atoms with Crippen LogP contribution in [0.5, 0.6) is 0 Å². The summed E-state index contributed by atoms with van der Waals surface area (Å²) in [7, 11) is 0. The minimum atomic E-state index is -4.87. The van der Waals surface area contributed by atoms with E-state index in [0.717, 1.165) is 90.0 Å². The fraction of sp³-hybridized carbons (Fsp3) is 0.143. The number of aryl methyl sites for hydroxylation is 8. The first-order valence-corrected chi connectivity index (χ1v) is 25.4. The summed E-state index contributed by atoms with van der Waals surface area (Å²) in [5.41, 5.74) is 17.5. The van der Waals surface area contributed by atoms with Crippen LogP contribution in [0.1, 0.15) is 44.5 Å². The normalized spacial score (nSPS) is 12.0. The van der Waals surface area contributed by atoms with Gasteiger partial charge in [-0.3, -0.25) is 0 Å². The Morgan fingerprint density at radius 2 is 0.371 bits per heavy atom. The number of hydrogen-bond donors (Lipinski definition) is 0. The molecule has 0 unspecified atom stereocenters. The fourth-order valence-electron chi connectivity index (χ4n) is 8.80. The molecule has 0 saturated heterocycles. The summed E-state index contributed by atoms with van der Waals surface area (Å²) in [6, 6.07) is 72.0. The molecule has 0 saturated carbocycles. The number of hydrogen-bond acceptors (Lipinski definition) is 4. The second kappa shape index (κ2) is 17.3. The van der Waals surface area contributed by atoms with Gasteiger partial charge in [0.2, 0.25) is 0 Å². The molecule has 0 heterocycles. The van der Waals surface area contributed by atoms with E-state index in [-0.39, 0.29) is 0 Å². The fourth-order valence-corrected chi connectivity index (χ4v) is 18.4. The molecule has 0 N–H and O–H groups in total. The van der Waals surface area contributed by atoms with Gasteiger partial charge in [-0.1, -0.05) is 0 Å². The van der Waals surface area contributed by atoms with Crippen molar-refractivity contribution < 1.29 is 0 Å². The molecule has 0 radical (unpaired) electrons. The average molecular weight is 896 g/mol. The number of rotatable bonds is 12. The van der Waals surface area contributed by atoms with Gasteiger partial charge in [0.1, 0.15) is 0 Å². The SMILES string of the molecule is Cc1cccc(N(c2cccc(C)c2)P(Br)(N(c2cccc(C)c2)c2cccc(C)c2)(N(c2cccc(C)c2)c2cccc(C)c2)N(c2cccc(C)c2)c2cccc(C)c2)c1. The van der Waals surface area contributed by atoms with Gasteiger partial charge in [0.25, 0.3) is 0 Å². The molecule has 0 aliphatic rings. The molecule has 0 atom stereocenters. The third-order valence-corrected chi connectivity index (χ3v) is 19.8. The van der Waals surface area contributed by atoms with Crippen LogP contribution < -0.4 is 18.7 Å². The molecule has 0 amide bonds. The van der Waals surface area contributed by atoms with Gasteiger partial charge < -0.3 is 0 Å². The Balaban J connectivity index is 1.78. The van der Waals surface area contributed by atoms with Crippen molar-refractivity contribution in [2.75, 3.05) is 18.7 Å². The van der Waals surface area contributed by atoms with Gasteiger partial charge in [-0.2, -0.15) is 0 Å². The second-order valence-electron chi connectivity index (χ2n) is 16.8. The van der Waals surface area contributed by atoms with Crippen LogP contribution in [0.15, 0.2) is 194 Å². The molecule has 8 aromatic rings. The molecule has 0 aliphatic heterocycles. The van der Waals surface area contributed by atoms with Crippen LogP contribution >= 0.6 is 21.4 Å². The molecular formula is C56H56BrN4P. The van der Waals surface area contributed by atoms with E-state index in [2.05, 4.69) is 268 Å². The van der Waals surface area contributed by atoms with E-state index < -0.39 is 5.91 Å². The monoisotopic (exact) mass is 894 g/mol. The molecule has 8 rings (SSSR count). The summed E-state index contributed by atoms with van der Waals surface area (Å²) in [6.45, 7) is 17.5. The van der Waals surface area contributed by atoms with Crippen LogP contribution in [0.2, 0.25) is 0 Å². The van der Waals surface area contributed by atoms with Crippen molar-refractivity contribution in [2.45, 2.75) is 55.4 Å². The maximum atomic E-state index is 5.28. The Hall–Kier alpha value is -6.13. The zero-order chi connectivity index (χ0) is 43.6. The van der Waals surface area contributed by atoms with Gasteiger partial charge in [0.15, 0.2) is 0 Å². The van der Waals surface area contributed by atoms with Crippen molar-refractivity contribution in [2.24, 2.45) is 0 Å².